The zero-order valence-electron chi connectivity index (χ0n) is 10.8. The largest absolute Gasteiger partial charge is 0.486 e. The van der Waals surface area contributed by atoms with Crippen LogP contribution in [0.5, 0.6) is 11.5 Å². The highest BCUT2D eigenvalue weighted by Crippen LogP contribution is 2.35. The molecule has 19 heavy (non-hydrogen) atoms. The Balaban J connectivity index is 1.91. The molecule has 0 radical (unpaired) electrons. The lowest BCUT2D eigenvalue weighted by atomic mass is 10.1. The molecule has 2 heterocycles. The second kappa shape index (κ2) is 5.09. The van der Waals surface area contributed by atoms with Crippen molar-refractivity contribution in [3.63, 3.8) is 0 Å². The van der Waals surface area contributed by atoms with Gasteiger partial charge in [0, 0.05) is 19.1 Å². The first kappa shape index (κ1) is 12.3. The van der Waals surface area contributed by atoms with Gasteiger partial charge in [0.15, 0.2) is 11.5 Å². The average Bonchev–Trinajstić information content (AvgIpc) is 2.94. The summed E-state index contributed by atoms with van der Waals surface area (Å²) in [5.41, 5.74) is 6.31. The summed E-state index contributed by atoms with van der Waals surface area (Å²) in [6.45, 7) is 2.29. The quantitative estimate of drug-likeness (QED) is 0.864. The van der Waals surface area contributed by atoms with Gasteiger partial charge in [0.2, 0.25) is 0 Å². The van der Waals surface area contributed by atoms with E-state index in [0.717, 1.165) is 19.4 Å². The van der Waals surface area contributed by atoms with Crippen LogP contribution in [0.25, 0.3) is 0 Å². The molecule has 0 saturated carbocycles. The lowest BCUT2D eigenvalue weighted by Crippen LogP contribution is -2.40. The highest BCUT2D eigenvalue weighted by Gasteiger charge is 2.31. The van der Waals surface area contributed by atoms with E-state index in [1.807, 2.05) is 17.0 Å². The Bertz CT molecular complexity index is 490. The number of carbonyl (C=O) groups is 1. The molecule has 1 unspecified atom stereocenters. The second-order valence-corrected chi connectivity index (χ2v) is 4.86. The van der Waals surface area contributed by atoms with Crippen LogP contribution in [0.4, 0.5) is 0 Å². The van der Waals surface area contributed by atoms with Gasteiger partial charge >= 0.3 is 0 Å². The SMILES string of the molecule is NCC1CCCN1C(=O)c1cccc2c1OCCO2. The minimum absolute atomic E-state index is 0.00435. The zero-order valence-corrected chi connectivity index (χ0v) is 10.8. The number of para-hydroxylation sites is 1. The number of likely N-dealkylation sites (tertiary alicyclic amines) is 1. The number of nitrogens with two attached hydrogens (primary N) is 1. The number of fused-ring (bicyclic) bond motifs is 1. The van der Waals surface area contributed by atoms with Crippen LogP contribution in [0.3, 0.4) is 0 Å². The first-order valence-corrected chi connectivity index (χ1v) is 6.71. The van der Waals surface area contributed by atoms with Crippen LogP contribution < -0.4 is 15.2 Å². The minimum Gasteiger partial charge on any atom is -0.486 e. The van der Waals surface area contributed by atoms with E-state index in [-0.39, 0.29) is 11.9 Å². The summed E-state index contributed by atoms with van der Waals surface area (Å²) in [5.74, 6) is 1.22. The van der Waals surface area contributed by atoms with Crippen molar-refractivity contribution in [1.82, 2.24) is 4.90 Å². The Morgan fingerprint density at radius 3 is 3.05 bits per heavy atom. The van der Waals surface area contributed by atoms with Crippen LogP contribution in [-0.2, 0) is 0 Å². The van der Waals surface area contributed by atoms with Crippen LogP contribution in [-0.4, -0.2) is 43.2 Å². The zero-order chi connectivity index (χ0) is 13.2. The van der Waals surface area contributed by atoms with Gasteiger partial charge < -0.3 is 20.1 Å². The molecule has 1 aromatic rings. The van der Waals surface area contributed by atoms with Crippen molar-refractivity contribution < 1.29 is 14.3 Å². The molecule has 2 aliphatic rings. The Morgan fingerprint density at radius 1 is 1.37 bits per heavy atom. The van der Waals surface area contributed by atoms with Gasteiger partial charge in [0.05, 0.1) is 5.56 Å². The highest BCUT2D eigenvalue weighted by atomic mass is 16.6. The van der Waals surface area contributed by atoms with E-state index < -0.39 is 0 Å². The molecule has 2 N–H and O–H groups in total. The number of hydrogen-bond donors (Lipinski definition) is 1. The average molecular weight is 262 g/mol. The fraction of sp³-hybridized carbons (Fsp3) is 0.500. The molecule has 5 nitrogen and oxygen atoms in total. The number of carbonyl (C=O) groups excluding carboxylic acids is 1. The summed E-state index contributed by atoms with van der Waals surface area (Å²) in [5, 5.41) is 0. The third-order valence-corrected chi connectivity index (χ3v) is 3.71. The molecule has 102 valence electrons. The molecule has 0 spiro atoms. The third-order valence-electron chi connectivity index (χ3n) is 3.71. The number of hydrogen-bond acceptors (Lipinski definition) is 4. The third kappa shape index (κ3) is 2.14. The van der Waals surface area contributed by atoms with Crippen molar-refractivity contribution in [2.75, 3.05) is 26.3 Å². The molecule has 0 aliphatic carbocycles. The first-order chi connectivity index (χ1) is 9.31. The van der Waals surface area contributed by atoms with Gasteiger partial charge in [0.1, 0.15) is 13.2 Å². The summed E-state index contributed by atoms with van der Waals surface area (Å²) >= 11 is 0. The molecule has 1 amide bonds. The van der Waals surface area contributed by atoms with Gasteiger partial charge in [-0.3, -0.25) is 4.79 Å². The fourth-order valence-electron chi connectivity index (χ4n) is 2.74. The number of nitrogens with zero attached hydrogens (tertiary/aromatic N) is 1. The smallest absolute Gasteiger partial charge is 0.258 e. The summed E-state index contributed by atoms with van der Waals surface area (Å²) in [6, 6.07) is 5.60. The van der Waals surface area contributed by atoms with Crippen LogP contribution in [0, 0.1) is 0 Å². The summed E-state index contributed by atoms with van der Waals surface area (Å²) in [7, 11) is 0. The van der Waals surface area contributed by atoms with Gasteiger partial charge in [-0.05, 0) is 25.0 Å². The lowest BCUT2D eigenvalue weighted by Gasteiger charge is -2.26. The van der Waals surface area contributed by atoms with E-state index in [9.17, 15) is 4.79 Å². The Labute approximate surface area is 112 Å². The number of ether oxygens (including phenoxy) is 2. The monoisotopic (exact) mass is 262 g/mol. The predicted octanol–water partition coefficient (Wildman–Crippen LogP) is 1.02. The van der Waals surface area contributed by atoms with E-state index in [1.165, 1.54) is 0 Å². The summed E-state index contributed by atoms with van der Waals surface area (Å²) in [6.07, 6.45) is 1.99. The molecule has 1 fully saturated rings. The van der Waals surface area contributed by atoms with Crippen molar-refractivity contribution in [2.45, 2.75) is 18.9 Å². The Kier molecular flexibility index (Phi) is 3.29. The molecule has 5 heteroatoms. The van der Waals surface area contributed by atoms with Crippen LogP contribution >= 0.6 is 0 Å². The molecule has 0 bridgehead atoms. The molecule has 2 aliphatic heterocycles. The van der Waals surface area contributed by atoms with Crippen molar-refractivity contribution >= 4 is 5.91 Å². The van der Waals surface area contributed by atoms with E-state index >= 15 is 0 Å². The maximum Gasteiger partial charge on any atom is 0.258 e. The van der Waals surface area contributed by atoms with Gasteiger partial charge in [-0.1, -0.05) is 6.07 Å². The molecule has 1 aromatic carbocycles. The summed E-state index contributed by atoms with van der Waals surface area (Å²) in [4.78, 5) is 14.5. The van der Waals surface area contributed by atoms with E-state index in [0.29, 0.717) is 36.8 Å². The fourth-order valence-corrected chi connectivity index (χ4v) is 2.74. The van der Waals surface area contributed by atoms with Gasteiger partial charge in [-0.25, -0.2) is 0 Å². The topological polar surface area (TPSA) is 64.8 Å². The standard InChI is InChI=1S/C14H18N2O3/c15-9-10-3-2-6-16(10)14(17)11-4-1-5-12-13(11)19-8-7-18-12/h1,4-5,10H,2-3,6-9,15H2. The predicted molar refractivity (Wildman–Crippen MR) is 70.5 cm³/mol. The summed E-state index contributed by atoms with van der Waals surface area (Å²) < 4.78 is 11.1. The Morgan fingerprint density at radius 2 is 2.21 bits per heavy atom. The van der Waals surface area contributed by atoms with E-state index in [4.69, 9.17) is 15.2 Å². The van der Waals surface area contributed by atoms with Gasteiger partial charge in [-0.2, -0.15) is 0 Å². The molecular formula is C14H18N2O3. The maximum absolute atomic E-state index is 12.6. The van der Waals surface area contributed by atoms with Crippen molar-refractivity contribution in [2.24, 2.45) is 5.73 Å². The number of benzene rings is 1. The molecule has 1 atom stereocenters. The normalized spacial score (nSPS) is 21.5. The van der Waals surface area contributed by atoms with Crippen molar-refractivity contribution in [1.29, 1.82) is 0 Å². The van der Waals surface area contributed by atoms with Crippen molar-refractivity contribution in [3.8, 4) is 11.5 Å². The molecule has 1 saturated heterocycles. The van der Waals surface area contributed by atoms with Crippen molar-refractivity contribution in [3.05, 3.63) is 23.8 Å². The van der Waals surface area contributed by atoms with E-state index in [2.05, 4.69) is 0 Å². The molecule has 0 aromatic heterocycles. The van der Waals surface area contributed by atoms with Crippen LogP contribution in [0.15, 0.2) is 18.2 Å². The van der Waals surface area contributed by atoms with Gasteiger partial charge in [0.25, 0.3) is 5.91 Å². The minimum atomic E-state index is -0.00435. The number of rotatable bonds is 2. The lowest BCUT2D eigenvalue weighted by molar-refractivity contribution is 0.0730. The Hall–Kier alpha value is -1.75. The van der Waals surface area contributed by atoms with Gasteiger partial charge in [-0.15, -0.1) is 0 Å². The molecule has 3 rings (SSSR count). The first-order valence-electron chi connectivity index (χ1n) is 6.71. The molecular weight excluding hydrogens is 244 g/mol. The highest BCUT2D eigenvalue weighted by molar-refractivity contribution is 5.98. The maximum atomic E-state index is 12.6. The number of amides is 1. The van der Waals surface area contributed by atoms with Crippen LogP contribution in [0.1, 0.15) is 23.2 Å². The van der Waals surface area contributed by atoms with Crippen LogP contribution in [0.2, 0.25) is 0 Å². The second-order valence-electron chi connectivity index (χ2n) is 4.86. The van der Waals surface area contributed by atoms with E-state index in [1.54, 1.807) is 6.07 Å².